The summed E-state index contributed by atoms with van der Waals surface area (Å²) in [5.41, 5.74) is 2.33. The number of aryl methyl sites for hydroxylation is 1. The third-order valence-corrected chi connectivity index (χ3v) is 5.45. The number of pyridine rings is 2. The molecule has 0 aliphatic heterocycles. The van der Waals surface area contributed by atoms with Crippen molar-refractivity contribution in [2.45, 2.75) is 45.1 Å². The highest BCUT2D eigenvalue weighted by Gasteiger charge is 2.25. The van der Waals surface area contributed by atoms with Crippen LogP contribution in [-0.2, 0) is 11.2 Å². The largest absolute Gasteiger partial charge is 0.439 e. The monoisotopic (exact) mass is 364 g/mol. The number of carbonyl (C=O) groups excluding carboxylic acids is 1. The first-order valence-corrected chi connectivity index (χ1v) is 9.51. The smallest absolute Gasteiger partial charge is 0.191 e. The molecule has 1 N–H and O–H groups in total. The number of carbonyl (C=O) groups is 1. The van der Waals surface area contributed by atoms with E-state index in [4.69, 9.17) is 4.42 Å². The molecule has 3 aromatic rings. The maximum absolute atomic E-state index is 12.7. The van der Waals surface area contributed by atoms with Gasteiger partial charge in [-0.3, -0.25) is 9.78 Å². The molecule has 0 bridgehead atoms. The third kappa shape index (κ3) is 3.90. The predicted molar refractivity (Wildman–Crippen MR) is 103 cm³/mol. The normalized spacial score (nSPS) is 20.1. The summed E-state index contributed by atoms with van der Waals surface area (Å²) < 4.78 is 5.56. The number of hydrogen-bond donors (Lipinski definition) is 1. The molecule has 0 spiro atoms. The lowest BCUT2D eigenvalue weighted by Crippen LogP contribution is -2.33. The molecular formula is C21H24N4O2. The van der Waals surface area contributed by atoms with Crippen LogP contribution in [0.1, 0.15) is 37.3 Å². The minimum atomic E-state index is 0.156. The van der Waals surface area contributed by atoms with Crippen molar-refractivity contribution in [3.05, 3.63) is 42.2 Å². The summed E-state index contributed by atoms with van der Waals surface area (Å²) in [6.45, 7) is 1.81. The molecular weight excluding hydrogens is 340 g/mol. The third-order valence-electron chi connectivity index (χ3n) is 5.45. The topological polar surface area (TPSA) is 80.9 Å². The van der Waals surface area contributed by atoms with Crippen LogP contribution in [0.2, 0.25) is 0 Å². The molecule has 140 valence electrons. The molecule has 3 aromatic heterocycles. The molecule has 1 aliphatic carbocycles. The van der Waals surface area contributed by atoms with Crippen LogP contribution in [0.3, 0.4) is 0 Å². The first kappa shape index (κ1) is 17.8. The number of Topliss-reactive ketones (excluding diaryl/α,β-unsaturated/α-hetero) is 1. The maximum Gasteiger partial charge on any atom is 0.191 e. The summed E-state index contributed by atoms with van der Waals surface area (Å²) >= 11 is 0. The van der Waals surface area contributed by atoms with Crippen LogP contribution >= 0.6 is 0 Å². The summed E-state index contributed by atoms with van der Waals surface area (Å²) in [5, 5.41) is 4.25. The molecule has 0 saturated heterocycles. The van der Waals surface area contributed by atoms with Gasteiger partial charge >= 0.3 is 0 Å². The van der Waals surface area contributed by atoms with Crippen LogP contribution < -0.4 is 5.32 Å². The van der Waals surface area contributed by atoms with Gasteiger partial charge in [-0.1, -0.05) is 0 Å². The standard InChI is InChI=1S/C21H24N4O2/c1-13-23-12-21(27-13)18-8-5-15-11-24-17(9-19(15)25-18)10-20(26)14-3-6-16(22-2)7-4-14/h5,8-9,11-12,14,16,22H,3-4,6-7,10H2,1-2H3. The van der Waals surface area contributed by atoms with Gasteiger partial charge in [0.15, 0.2) is 11.7 Å². The van der Waals surface area contributed by atoms with Gasteiger partial charge in [-0.25, -0.2) is 9.97 Å². The lowest BCUT2D eigenvalue weighted by Gasteiger charge is -2.27. The summed E-state index contributed by atoms with van der Waals surface area (Å²) in [5.74, 6) is 1.70. The minimum Gasteiger partial charge on any atom is -0.439 e. The Labute approximate surface area is 158 Å². The number of hydrogen-bond acceptors (Lipinski definition) is 6. The van der Waals surface area contributed by atoms with E-state index in [0.717, 1.165) is 48.0 Å². The second kappa shape index (κ2) is 7.56. The van der Waals surface area contributed by atoms with Crippen LogP contribution in [-0.4, -0.2) is 33.8 Å². The number of ketones is 1. The average Bonchev–Trinajstić information content (AvgIpc) is 3.14. The van der Waals surface area contributed by atoms with Crippen molar-refractivity contribution in [3.63, 3.8) is 0 Å². The zero-order valence-corrected chi connectivity index (χ0v) is 15.7. The first-order valence-electron chi connectivity index (χ1n) is 9.51. The van der Waals surface area contributed by atoms with Crippen LogP contribution in [0.5, 0.6) is 0 Å². The predicted octanol–water partition coefficient (Wildman–Crippen LogP) is 3.48. The number of aromatic nitrogens is 3. The molecule has 3 heterocycles. The Morgan fingerprint density at radius 2 is 2.00 bits per heavy atom. The highest BCUT2D eigenvalue weighted by atomic mass is 16.4. The van der Waals surface area contributed by atoms with Gasteiger partial charge in [0.2, 0.25) is 0 Å². The molecule has 6 heteroatoms. The Morgan fingerprint density at radius 1 is 1.19 bits per heavy atom. The van der Waals surface area contributed by atoms with E-state index >= 15 is 0 Å². The van der Waals surface area contributed by atoms with Crippen LogP contribution in [0.25, 0.3) is 22.4 Å². The summed E-state index contributed by atoms with van der Waals surface area (Å²) in [6.07, 6.45) is 7.91. The zero-order valence-electron chi connectivity index (χ0n) is 15.7. The number of oxazole rings is 1. The Hall–Kier alpha value is -2.60. The van der Waals surface area contributed by atoms with E-state index in [2.05, 4.69) is 20.3 Å². The second-order valence-corrected chi connectivity index (χ2v) is 7.29. The summed E-state index contributed by atoms with van der Waals surface area (Å²) in [4.78, 5) is 25.9. The van der Waals surface area contributed by atoms with E-state index in [1.54, 1.807) is 12.4 Å². The van der Waals surface area contributed by atoms with Crippen molar-refractivity contribution in [3.8, 4) is 11.5 Å². The molecule has 0 atom stereocenters. The van der Waals surface area contributed by atoms with Gasteiger partial charge in [-0.05, 0) is 50.9 Å². The summed E-state index contributed by atoms with van der Waals surface area (Å²) in [6, 6.07) is 6.33. The Kier molecular flexibility index (Phi) is 4.99. The van der Waals surface area contributed by atoms with Gasteiger partial charge in [0.1, 0.15) is 11.5 Å². The van der Waals surface area contributed by atoms with Gasteiger partial charge in [-0.15, -0.1) is 0 Å². The number of rotatable bonds is 5. The zero-order chi connectivity index (χ0) is 18.8. The Morgan fingerprint density at radius 3 is 2.70 bits per heavy atom. The van der Waals surface area contributed by atoms with Gasteiger partial charge in [0, 0.05) is 42.6 Å². The van der Waals surface area contributed by atoms with E-state index in [9.17, 15) is 4.79 Å². The van der Waals surface area contributed by atoms with Gasteiger partial charge in [0.05, 0.1) is 11.7 Å². The molecule has 1 fully saturated rings. The van der Waals surface area contributed by atoms with E-state index in [-0.39, 0.29) is 5.92 Å². The number of nitrogens with one attached hydrogen (secondary N) is 1. The van der Waals surface area contributed by atoms with Crippen LogP contribution in [0.4, 0.5) is 0 Å². The van der Waals surface area contributed by atoms with Crippen molar-refractivity contribution in [1.82, 2.24) is 20.3 Å². The molecule has 1 aliphatic rings. The fraction of sp³-hybridized carbons (Fsp3) is 0.429. The van der Waals surface area contributed by atoms with Crippen molar-refractivity contribution < 1.29 is 9.21 Å². The Bertz CT molecular complexity index is 958. The molecule has 6 nitrogen and oxygen atoms in total. The van der Waals surface area contributed by atoms with E-state index < -0.39 is 0 Å². The van der Waals surface area contributed by atoms with Crippen LogP contribution in [0.15, 0.2) is 35.0 Å². The molecule has 0 amide bonds. The van der Waals surface area contributed by atoms with Crippen molar-refractivity contribution in [1.29, 1.82) is 0 Å². The highest BCUT2D eigenvalue weighted by Crippen LogP contribution is 2.26. The SMILES string of the molecule is CNC1CCC(C(=O)Cc2cc3nc(-c4cnc(C)o4)ccc3cn2)CC1. The highest BCUT2D eigenvalue weighted by molar-refractivity contribution is 5.85. The van der Waals surface area contributed by atoms with Gasteiger partial charge in [0.25, 0.3) is 0 Å². The average molecular weight is 364 g/mol. The first-order chi connectivity index (χ1) is 13.1. The molecule has 1 saturated carbocycles. The second-order valence-electron chi connectivity index (χ2n) is 7.29. The van der Waals surface area contributed by atoms with Crippen molar-refractivity contribution in [2.75, 3.05) is 7.05 Å². The maximum atomic E-state index is 12.7. The number of nitrogens with zero attached hydrogens (tertiary/aromatic N) is 3. The molecule has 0 aromatic carbocycles. The fourth-order valence-electron chi connectivity index (χ4n) is 3.80. The minimum absolute atomic E-state index is 0.156. The quantitative estimate of drug-likeness (QED) is 0.746. The van der Waals surface area contributed by atoms with E-state index in [1.165, 1.54) is 0 Å². The van der Waals surface area contributed by atoms with Gasteiger partial charge in [-0.2, -0.15) is 0 Å². The summed E-state index contributed by atoms with van der Waals surface area (Å²) in [7, 11) is 1.99. The molecule has 0 radical (unpaired) electrons. The Balaban J connectivity index is 1.51. The van der Waals surface area contributed by atoms with Crippen molar-refractivity contribution >= 4 is 16.7 Å². The molecule has 0 unspecified atom stereocenters. The number of fused-ring (bicyclic) bond motifs is 1. The van der Waals surface area contributed by atoms with Crippen molar-refractivity contribution in [2.24, 2.45) is 5.92 Å². The van der Waals surface area contributed by atoms with Crippen LogP contribution in [0, 0.1) is 12.8 Å². The lowest BCUT2D eigenvalue weighted by atomic mass is 9.82. The molecule has 27 heavy (non-hydrogen) atoms. The fourth-order valence-corrected chi connectivity index (χ4v) is 3.80. The van der Waals surface area contributed by atoms with Gasteiger partial charge < -0.3 is 9.73 Å². The molecule has 4 rings (SSSR count). The lowest BCUT2D eigenvalue weighted by molar-refractivity contribution is -0.123. The van der Waals surface area contributed by atoms with E-state index in [1.807, 2.05) is 32.2 Å². The van der Waals surface area contributed by atoms with E-state index in [0.29, 0.717) is 29.9 Å².